The zero-order chi connectivity index (χ0) is 9.26. The maximum absolute atomic E-state index is 5.56. The number of likely N-dealkylation sites (N-methyl/N-ethyl adjacent to an activating group) is 1. The fourth-order valence-corrected chi connectivity index (χ4v) is 1.40. The zero-order valence-electron chi connectivity index (χ0n) is 7.99. The van der Waals surface area contributed by atoms with Crippen molar-refractivity contribution in [2.45, 2.75) is 19.4 Å². The second-order valence-electron chi connectivity index (χ2n) is 3.45. The molecule has 0 unspecified atom stereocenters. The summed E-state index contributed by atoms with van der Waals surface area (Å²) in [5, 5.41) is 3.82. The third kappa shape index (κ3) is 1.83. The molecule has 0 aromatic carbocycles. The van der Waals surface area contributed by atoms with Gasteiger partial charge in [-0.1, -0.05) is 6.92 Å². The molecule has 0 saturated carbocycles. The van der Waals surface area contributed by atoms with E-state index in [-0.39, 0.29) is 0 Å². The summed E-state index contributed by atoms with van der Waals surface area (Å²) in [6.07, 6.45) is 1.15. The van der Waals surface area contributed by atoms with Crippen molar-refractivity contribution >= 4 is 0 Å². The summed E-state index contributed by atoms with van der Waals surface area (Å²) in [5.41, 5.74) is 0. The van der Waals surface area contributed by atoms with Gasteiger partial charge < -0.3 is 9.26 Å². The minimum absolute atomic E-state index is 0.291. The van der Waals surface area contributed by atoms with Crippen molar-refractivity contribution < 1.29 is 9.26 Å². The molecule has 0 amide bonds. The first-order valence-corrected chi connectivity index (χ1v) is 4.58. The highest BCUT2D eigenvalue weighted by atomic mass is 16.5. The maximum Gasteiger partial charge on any atom is 0.254 e. The molecule has 2 rings (SSSR count). The maximum atomic E-state index is 5.56. The molecule has 0 spiro atoms. The Bertz CT molecular complexity index is 279. The van der Waals surface area contributed by atoms with E-state index in [2.05, 4.69) is 17.1 Å². The molecular formula is C9H14N2O2. The third-order valence-electron chi connectivity index (χ3n) is 2.20. The highest BCUT2D eigenvalue weighted by molar-refractivity contribution is 5.11. The molecule has 1 aliphatic rings. The van der Waals surface area contributed by atoms with Crippen molar-refractivity contribution in [3.8, 4) is 5.88 Å². The second-order valence-corrected chi connectivity index (χ2v) is 3.45. The molecule has 72 valence electrons. The van der Waals surface area contributed by atoms with Crippen LogP contribution < -0.4 is 4.74 Å². The lowest BCUT2D eigenvalue weighted by molar-refractivity contribution is 0.0331. The fourth-order valence-electron chi connectivity index (χ4n) is 1.40. The summed E-state index contributed by atoms with van der Waals surface area (Å²) in [7, 11) is 2.07. The SMILES string of the molecule is CCc1cc(OC2CN(C)C2)no1. The number of hydrogen-bond acceptors (Lipinski definition) is 4. The van der Waals surface area contributed by atoms with E-state index in [4.69, 9.17) is 9.26 Å². The van der Waals surface area contributed by atoms with E-state index in [0.717, 1.165) is 25.3 Å². The monoisotopic (exact) mass is 182 g/mol. The largest absolute Gasteiger partial charge is 0.469 e. The average Bonchev–Trinajstić information content (AvgIpc) is 2.50. The number of nitrogens with zero attached hydrogens (tertiary/aromatic N) is 2. The quantitative estimate of drug-likeness (QED) is 0.697. The number of aromatic nitrogens is 1. The molecule has 2 heterocycles. The first-order valence-electron chi connectivity index (χ1n) is 4.58. The van der Waals surface area contributed by atoms with Gasteiger partial charge in [0.2, 0.25) is 0 Å². The van der Waals surface area contributed by atoms with Gasteiger partial charge in [0.15, 0.2) is 0 Å². The van der Waals surface area contributed by atoms with E-state index in [0.29, 0.717) is 12.0 Å². The number of rotatable bonds is 3. The Morgan fingerprint density at radius 3 is 3.00 bits per heavy atom. The van der Waals surface area contributed by atoms with Crippen molar-refractivity contribution in [3.05, 3.63) is 11.8 Å². The van der Waals surface area contributed by atoms with Gasteiger partial charge in [-0.25, -0.2) is 0 Å². The predicted octanol–water partition coefficient (Wildman–Crippen LogP) is 0.930. The molecular weight excluding hydrogens is 168 g/mol. The summed E-state index contributed by atoms with van der Waals surface area (Å²) in [6, 6.07) is 1.86. The van der Waals surface area contributed by atoms with Gasteiger partial charge in [-0.15, -0.1) is 0 Å². The van der Waals surface area contributed by atoms with E-state index in [9.17, 15) is 0 Å². The number of likely N-dealkylation sites (tertiary alicyclic amines) is 1. The lowest BCUT2D eigenvalue weighted by Gasteiger charge is -2.35. The van der Waals surface area contributed by atoms with Gasteiger partial charge in [0.1, 0.15) is 11.9 Å². The summed E-state index contributed by atoms with van der Waals surface area (Å²) >= 11 is 0. The molecule has 1 aromatic heterocycles. The average molecular weight is 182 g/mol. The van der Waals surface area contributed by atoms with Gasteiger partial charge in [0.05, 0.1) is 0 Å². The van der Waals surface area contributed by atoms with Gasteiger partial charge in [0, 0.05) is 25.6 Å². The van der Waals surface area contributed by atoms with Crippen LogP contribution in [0.1, 0.15) is 12.7 Å². The normalized spacial score (nSPS) is 18.6. The van der Waals surface area contributed by atoms with E-state index < -0.39 is 0 Å². The first-order chi connectivity index (χ1) is 6.28. The summed E-state index contributed by atoms with van der Waals surface area (Å²) in [5.74, 6) is 1.50. The summed E-state index contributed by atoms with van der Waals surface area (Å²) in [6.45, 7) is 3.99. The van der Waals surface area contributed by atoms with E-state index >= 15 is 0 Å². The molecule has 0 bridgehead atoms. The highest BCUT2D eigenvalue weighted by Crippen LogP contribution is 2.16. The van der Waals surface area contributed by atoms with Crippen molar-refractivity contribution in [1.29, 1.82) is 0 Å². The van der Waals surface area contributed by atoms with Crippen LogP contribution in [0.4, 0.5) is 0 Å². The van der Waals surface area contributed by atoms with Crippen LogP contribution in [0.25, 0.3) is 0 Å². The van der Waals surface area contributed by atoms with Gasteiger partial charge in [0.25, 0.3) is 5.88 Å². The first kappa shape index (κ1) is 8.56. The summed E-state index contributed by atoms with van der Waals surface area (Å²) in [4.78, 5) is 2.20. The molecule has 4 heteroatoms. The van der Waals surface area contributed by atoms with Crippen LogP contribution in [-0.4, -0.2) is 36.3 Å². The standard InChI is InChI=1S/C9H14N2O2/c1-3-7-4-9(10-13-7)12-8-5-11(2)6-8/h4,8H,3,5-6H2,1-2H3. The Labute approximate surface area is 77.5 Å². The van der Waals surface area contributed by atoms with Crippen molar-refractivity contribution in [3.63, 3.8) is 0 Å². The smallest absolute Gasteiger partial charge is 0.254 e. The Morgan fingerprint density at radius 2 is 2.46 bits per heavy atom. The lowest BCUT2D eigenvalue weighted by atomic mass is 10.2. The Kier molecular flexibility index (Phi) is 2.22. The number of ether oxygens (including phenoxy) is 1. The van der Waals surface area contributed by atoms with Crippen LogP contribution in [-0.2, 0) is 6.42 Å². The van der Waals surface area contributed by atoms with Gasteiger partial charge >= 0.3 is 0 Å². The van der Waals surface area contributed by atoms with Crippen LogP contribution in [0.5, 0.6) is 5.88 Å². The highest BCUT2D eigenvalue weighted by Gasteiger charge is 2.25. The van der Waals surface area contributed by atoms with Crippen LogP contribution in [0, 0.1) is 0 Å². The Balaban J connectivity index is 1.87. The van der Waals surface area contributed by atoms with E-state index in [1.807, 2.05) is 13.0 Å². The Hall–Kier alpha value is -1.03. The molecule has 0 N–H and O–H groups in total. The summed E-state index contributed by atoms with van der Waals surface area (Å²) < 4.78 is 10.6. The van der Waals surface area contributed by atoms with Crippen molar-refractivity contribution in [2.75, 3.05) is 20.1 Å². The van der Waals surface area contributed by atoms with E-state index in [1.54, 1.807) is 0 Å². The van der Waals surface area contributed by atoms with Crippen molar-refractivity contribution in [2.24, 2.45) is 0 Å². The molecule has 4 nitrogen and oxygen atoms in total. The molecule has 13 heavy (non-hydrogen) atoms. The minimum Gasteiger partial charge on any atom is -0.469 e. The van der Waals surface area contributed by atoms with Crippen molar-refractivity contribution in [1.82, 2.24) is 10.1 Å². The van der Waals surface area contributed by atoms with Crippen LogP contribution in [0.15, 0.2) is 10.6 Å². The lowest BCUT2D eigenvalue weighted by Crippen LogP contribution is -2.51. The molecule has 1 fully saturated rings. The number of hydrogen-bond donors (Lipinski definition) is 0. The molecule has 1 aromatic rings. The van der Waals surface area contributed by atoms with Crippen LogP contribution in [0.2, 0.25) is 0 Å². The zero-order valence-corrected chi connectivity index (χ0v) is 7.99. The molecule has 0 aliphatic carbocycles. The molecule has 1 saturated heterocycles. The van der Waals surface area contributed by atoms with E-state index in [1.165, 1.54) is 0 Å². The molecule has 0 atom stereocenters. The number of aryl methyl sites for hydroxylation is 1. The Morgan fingerprint density at radius 1 is 1.69 bits per heavy atom. The van der Waals surface area contributed by atoms with Gasteiger partial charge in [-0.3, -0.25) is 4.90 Å². The second kappa shape index (κ2) is 3.38. The van der Waals surface area contributed by atoms with Gasteiger partial charge in [-0.2, -0.15) is 0 Å². The third-order valence-corrected chi connectivity index (χ3v) is 2.20. The van der Waals surface area contributed by atoms with Crippen LogP contribution >= 0.6 is 0 Å². The fraction of sp³-hybridized carbons (Fsp3) is 0.667. The minimum atomic E-state index is 0.291. The predicted molar refractivity (Wildman–Crippen MR) is 47.8 cm³/mol. The topological polar surface area (TPSA) is 38.5 Å². The van der Waals surface area contributed by atoms with Gasteiger partial charge in [-0.05, 0) is 12.2 Å². The molecule has 0 radical (unpaired) electrons. The molecule has 1 aliphatic heterocycles. The van der Waals surface area contributed by atoms with Crippen LogP contribution in [0.3, 0.4) is 0 Å².